The van der Waals surface area contributed by atoms with Crippen LogP contribution in [-0.4, -0.2) is 17.4 Å². The Balaban J connectivity index is 1.64. The number of fused-ring (bicyclic) bond motifs is 5. The highest BCUT2D eigenvalue weighted by atomic mass is 16.6. The normalized spacial score (nSPS) is 45.2. The lowest BCUT2D eigenvalue weighted by atomic mass is 9.53. The van der Waals surface area contributed by atoms with E-state index in [1.54, 1.807) is 0 Å². The third-order valence-electron chi connectivity index (χ3n) is 8.23. The molecule has 4 atom stereocenters. The number of carbonyl (C=O) groups excluding carboxylic acids is 2. The summed E-state index contributed by atoms with van der Waals surface area (Å²) in [5.74, 6) is 0.760. The van der Waals surface area contributed by atoms with Crippen molar-refractivity contribution in [3.63, 3.8) is 0 Å². The first-order valence-electron chi connectivity index (χ1n) is 9.77. The van der Waals surface area contributed by atoms with Crippen molar-refractivity contribution < 1.29 is 14.3 Å². The lowest BCUT2D eigenvalue weighted by Gasteiger charge is -2.51. The van der Waals surface area contributed by atoms with Gasteiger partial charge in [0.1, 0.15) is 5.60 Å². The van der Waals surface area contributed by atoms with E-state index in [-0.39, 0.29) is 28.2 Å². The van der Waals surface area contributed by atoms with Gasteiger partial charge in [0.15, 0.2) is 5.78 Å². The van der Waals surface area contributed by atoms with E-state index in [9.17, 15) is 9.59 Å². The monoisotopic (exact) mass is 338 g/mol. The Hall–Kier alpha value is -1.64. The number of esters is 1. The fourth-order valence-electron chi connectivity index (χ4n) is 6.59. The van der Waals surface area contributed by atoms with E-state index in [1.165, 1.54) is 16.7 Å². The predicted molar refractivity (Wildman–Crippen MR) is 94.7 cm³/mol. The zero-order valence-electron chi connectivity index (χ0n) is 15.2. The molecule has 0 amide bonds. The van der Waals surface area contributed by atoms with Gasteiger partial charge >= 0.3 is 5.97 Å². The van der Waals surface area contributed by atoms with Gasteiger partial charge in [0, 0.05) is 18.3 Å². The van der Waals surface area contributed by atoms with Gasteiger partial charge in [-0.25, -0.2) is 0 Å². The van der Waals surface area contributed by atoms with Crippen molar-refractivity contribution in [1.29, 1.82) is 0 Å². The van der Waals surface area contributed by atoms with Gasteiger partial charge in [0.05, 0.1) is 0 Å². The molecule has 1 saturated carbocycles. The molecule has 5 rings (SSSR count). The first kappa shape index (κ1) is 15.6. The van der Waals surface area contributed by atoms with Crippen LogP contribution in [0.5, 0.6) is 0 Å². The molecule has 0 N–H and O–H groups in total. The summed E-state index contributed by atoms with van der Waals surface area (Å²) in [6.45, 7) is 4.69. The van der Waals surface area contributed by atoms with Crippen molar-refractivity contribution in [1.82, 2.24) is 0 Å². The number of ether oxygens (including phenoxy) is 1. The smallest absolute Gasteiger partial charge is 0.306 e. The summed E-state index contributed by atoms with van der Waals surface area (Å²) in [6, 6.07) is 0. The van der Waals surface area contributed by atoms with Gasteiger partial charge in [0.25, 0.3) is 0 Å². The van der Waals surface area contributed by atoms with E-state index >= 15 is 0 Å². The summed E-state index contributed by atoms with van der Waals surface area (Å²) in [5.41, 5.74) is 4.08. The Morgan fingerprint density at radius 1 is 1.00 bits per heavy atom. The van der Waals surface area contributed by atoms with Crippen LogP contribution in [0.15, 0.2) is 34.9 Å². The molecule has 0 aromatic heterocycles. The molecule has 132 valence electrons. The van der Waals surface area contributed by atoms with Gasteiger partial charge in [-0.15, -0.1) is 0 Å². The number of rotatable bonds is 0. The number of ketones is 1. The van der Waals surface area contributed by atoms with Crippen LogP contribution < -0.4 is 0 Å². The summed E-state index contributed by atoms with van der Waals surface area (Å²) in [5, 5.41) is 0. The summed E-state index contributed by atoms with van der Waals surface area (Å²) < 4.78 is 5.95. The highest BCUT2D eigenvalue weighted by Crippen LogP contribution is 2.66. The highest BCUT2D eigenvalue weighted by Gasteiger charge is 2.62. The van der Waals surface area contributed by atoms with Crippen molar-refractivity contribution in [2.45, 2.75) is 70.8 Å². The van der Waals surface area contributed by atoms with E-state index in [0.29, 0.717) is 18.8 Å². The minimum absolute atomic E-state index is 0.00258. The van der Waals surface area contributed by atoms with E-state index < -0.39 is 0 Å². The molecule has 1 aliphatic heterocycles. The van der Waals surface area contributed by atoms with Gasteiger partial charge in [-0.2, -0.15) is 0 Å². The van der Waals surface area contributed by atoms with Gasteiger partial charge in [-0.05, 0) is 67.1 Å². The fraction of sp³-hybridized carbons (Fsp3) is 0.636. The standard InChI is InChI=1S/C22H26O3/c1-20-9-5-15(23)13-14(20)3-4-16-17(20)6-10-21(2)18(16)7-11-22(21)12-8-19(24)25-22/h3-4,13,17H,5-12H2,1-2H3/t17-,20-,21-,22+/m0/s1. The molecule has 0 bridgehead atoms. The van der Waals surface area contributed by atoms with Crippen LogP contribution in [0.25, 0.3) is 0 Å². The molecule has 3 nitrogen and oxygen atoms in total. The Morgan fingerprint density at radius 2 is 1.80 bits per heavy atom. The Bertz CT molecular complexity index is 785. The minimum Gasteiger partial charge on any atom is -0.458 e. The first-order chi connectivity index (χ1) is 11.9. The lowest BCUT2D eigenvalue weighted by molar-refractivity contribution is -0.156. The fourth-order valence-corrected chi connectivity index (χ4v) is 6.59. The molecular formula is C22H26O3. The quantitative estimate of drug-likeness (QED) is 0.614. The Labute approximate surface area is 149 Å². The van der Waals surface area contributed by atoms with Crippen LogP contribution in [0.1, 0.15) is 65.2 Å². The number of hydrogen-bond donors (Lipinski definition) is 0. The van der Waals surface area contributed by atoms with E-state index in [4.69, 9.17) is 4.74 Å². The third kappa shape index (κ3) is 1.82. The maximum absolute atomic E-state index is 11.9. The van der Waals surface area contributed by atoms with E-state index in [1.807, 2.05) is 6.08 Å². The number of hydrogen-bond acceptors (Lipinski definition) is 3. The van der Waals surface area contributed by atoms with Crippen molar-refractivity contribution in [3.8, 4) is 0 Å². The average Bonchev–Trinajstić information content (AvgIpc) is 3.10. The SMILES string of the molecule is C[C@]12CCC(=O)C=C1C=CC1=C3CC[C@@]4(CCC(=O)O4)[C@@]3(C)CC[C@@H]12. The zero-order chi connectivity index (χ0) is 17.4. The molecule has 5 aliphatic rings. The molecule has 1 saturated heterocycles. The van der Waals surface area contributed by atoms with Crippen LogP contribution in [-0.2, 0) is 14.3 Å². The molecule has 1 spiro atoms. The van der Waals surface area contributed by atoms with Crippen molar-refractivity contribution in [2.75, 3.05) is 0 Å². The van der Waals surface area contributed by atoms with Crippen molar-refractivity contribution >= 4 is 11.8 Å². The van der Waals surface area contributed by atoms with Crippen LogP contribution in [0.4, 0.5) is 0 Å². The van der Waals surface area contributed by atoms with Gasteiger partial charge in [0.2, 0.25) is 0 Å². The second kappa shape index (κ2) is 4.75. The molecule has 0 unspecified atom stereocenters. The van der Waals surface area contributed by atoms with Crippen LogP contribution >= 0.6 is 0 Å². The Morgan fingerprint density at radius 3 is 2.56 bits per heavy atom. The van der Waals surface area contributed by atoms with Gasteiger partial charge in [-0.3, -0.25) is 9.59 Å². The van der Waals surface area contributed by atoms with Crippen LogP contribution in [0, 0.1) is 16.7 Å². The predicted octanol–water partition coefficient (Wildman–Crippen LogP) is 4.43. The largest absolute Gasteiger partial charge is 0.458 e. The second-order valence-electron chi connectivity index (χ2n) is 9.14. The number of allylic oxidation sites excluding steroid dienone is 5. The zero-order valence-corrected chi connectivity index (χ0v) is 15.2. The Kier molecular flexibility index (Phi) is 2.96. The average molecular weight is 338 g/mol. The minimum atomic E-state index is -0.259. The molecule has 4 aliphatic carbocycles. The summed E-state index contributed by atoms with van der Waals surface area (Å²) in [6.07, 6.45) is 13.7. The third-order valence-corrected chi connectivity index (χ3v) is 8.23. The number of carbonyl (C=O) groups is 2. The van der Waals surface area contributed by atoms with Gasteiger partial charge in [-0.1, -0.05) is 31.6 Å². The molecular weight excluding hydrogens is 312 g/mol. The van der Waals surface area contributed by atoms with Crippen molar-refractivity contribution in [2.24, 2.45) is 16.7 Å². The molecule has 0 aromatic rings. The van der Waals surface area contributed by atoms with Gasteiger partial charge < -0.3 is 4.74 Å². The maximum Gasteiger partial charge on any atom is 0.306 e. The summed E-state index contributed by atoms with van der Waals surface area (Å²) in [7, 11) is 0. The molecule has 1 heterocycles. The molecule has 0 aromatic carbocycles. The molecule has 25 heavy (non-hydrogen) atoms. The van der Waals surface area contributed by atoms with E-state index in [0.717, 1.165) is 38.5 Å². The maximum atomic E-state index is 11.9. The molecule has 0 radical (unpaired) electrons. The topological polar surface area (TPSA) is 43.4 Å². The summed E-state index contributed by atoms with van der Waals surface area (Å²) in [4.78, 5) is 23.8. The van der Waals surface area contributed by atoms with Crippen molar-refractivity contribution in [3.05, 3.63) is 34.9 Å². The highest BCUT2D eigenvalue weighted by molar-refractivity contribution is 5.92. The lowest BCUT2D eigenvalue weighted by Crippen LogP contribution is -2.47. The summed E-state index contributed by atoms with van der Waals surface area (Å²) >= 11 is 0. The van der Waals surface area contributed by atoms with Crippen LogP contribution in [0.3, 0.4) is 0 Å². The second-order valence-corrected chi connectivity index (χ2v) is 9.14. The molecule has 3 heteroatoms. The van der Waals surface area contributed by atoms with Crippen LogP contribution in [0.2, 0.25) is 0 Å². The van der Waals surface area contributed by atoms with E-state index in [2.05, 4.69) is 26.0 Å². The molecule has 2 fully saturated rings. The first-order valence-corrected chi connectivity index (χ1v) is 9.77.